The van der Waals surface area contributed by atoms with E-state index < -0.39 is 24.0 Å². The molecule has 0 radical (unpaired) electrons. The molecule has 3 N–H and O–H groups in total. The van der Waals surface area contributed by atoms with E-state index in [0.717, 1.165) is 11.3 Å². The van der Waals surface area contributed by atoms with Crippen molar-refractivity contribution in [3.05, 3.63) is 53.6 Å². The van der Waals surface area contributed by atoms with E-state index in [2.05, 4.69) is 55.3 Å². The minimum Gasteiger partial charge on any atom is -0.480 e. The van der Waals surface area contributed by atoms with Crippen LogP contribution in [0, 0.1) is 5.92 Å². The molecule has 2 rings (SSSR count). The molecule has 1 heterocycles. The Morgan fingerprint density at radius 1 is 1.07 bits per heavy atom. The van der Waals surface area contributed by atoms with Crippen LogP contribution in [0.2, 0.25) is 0 Å². The van der Waals surface area contributed by atoms with Crippen LogP contribution in [0.25, 0.3) is 0 Å². The van der Waals surface area contributed by atoms with Crippen LogP contribution in [0.1, 0.15) is 57.9 Å². The molecule has 30 heavy (non-hydrogen) atoms. The number of nitrogens with one attached hydrogen (secondary N) is 1. The summed E-state index contributed by atoms with van der Waals surface area (Å²) < 4.78 is 1.90. The summed E-state index contributed by atoms with van der Waals surface area (Å²) in [5.41, 5.74) is 3.15. The second kappa shape index (κ2) is 9.89. The molecule has 1 aromatic heterocycles. The first kappa shape index (κ1) is 23.6. The number of hydrogen-bond acceptors (Lipinski definition) is 4. The van der Waals surface area contributed by atoms with E-state index in [1.54, 1.807) is 12.5 Å². The lowest BCUT2D eigenvalue weighted by molar-refractivity contribution is -0.142. The van der Waals surface area contributed by atoms with E-state index >= 15 is 0 Å². The van der Waals surface area contributed by atoms with Crippen LogP contribution in [0.5, 0.6) is 0 Å². The zero-order valence-electron chi connectivity index (χ0n) is 18.4. The number of carboxylic acids is 2. The second-order valence-electron chi connectivity index (χ2n) is 9.24. The second-order valence-corrected chi connectivity index (χ2v) is 9.24. The number of rotatable bonds is 10. The SMILES string of the molecule is CC(C)CC(NC(Cc1cncn1Cc1ccc(C(C)(C)C)cc1)C(=O)O)C(=O)O. The molecule has 0 spiro atoms. The van der Waals surface area contributed by atoms with Gasteiger partial charge in [0.25, 0.3) is 0 Å². The van der Waals surface area contributed by atoms with Gasteiger partial charge in [0.1, 0.15) is 12.1 Å². The molecule has 0 fully saturated rings. The van der Waals surface area contributed by atoms with Crippen LogP contribution < -0.4 is 5.32 Å². The van der Waals surface area contributed by atoms with Crippen molar-refractivity contribution in [3.8, 4) is 0 Å². The summed E-state index contributed by atoms with van der Waals surface area (Å²) in [6, 6.07) is 6.44. The number of carboxylic acid groups (broad SMARTS) is 2. The summed E-state index contributed by atoms with van der Waals surface area (Å²) in [6.45, 7) is 10.9. The lowest BCUT2D eigenvalue weighted by atomic mass is 9.87. The third-order valence-electron chi connectivity index (χ3n) is 5.09. The fraction of sp³-hybridized carbons (Fsp3) is 0.522. The Hall–Kier alpha value is -2.67. The number of benzene rings is 1. The molecule has 2 atom stereocenters. The molecule has 0 aliphatic rings. The summed E-state index contributed by atoms with van der Waals surface area (Å²) in [5, 5.41) is 21.9. The Morgan fingerprint density at radius 2 is 1.67 bits per heavy atom. The molecule has 2 aromatic rings. The van der Waals surface area contributed by atoms with Gasteiger partial charge in [-0.25, -0.2) is 4.98 Å². The molecule has 7 heteroatoms. The maximum absolute atomic E-state index is 11.8. The van der Waals surface area contributed by atoms with Crippen LogP contribution in [0.4, 0.5) is 0 Å². The zero-order valence-corrected chi connectivity index (χ0v) is 18.4. The molecule has 0 amide bonds. The van der Waals surface area contributed by atoms with Crippen molar-refractivity contribution < 1.29 is 19.8 Å². The molecular formula is C23H33N3O4. The minimum atomic E-state index is -1.08. The summed E-state index contributed by atoms with van der Waals surface area (Å²) in [4.78, 5) is 27.5. The number of hydrogen-bond donors (Lipinski definition) is 3. The fourth-order valence-corrected chi connectivity index (χ4v) is 3.35. The highest BCUT2D eigenvalue weighted by molar-refractivity contribution is 5.77. The van der Waals surface area contributed by atoms with E-state index in [0.29, 0.717) is 13.0 Å². The first-order chi connectivity index (χ1) is 14.0. The first-order valence-corrected chi connectivity index (χ1v) is 10.3. The zero-order chi connectivity index (χ0) is 22.5. The van der Waals surface area contributed by atoms with Gasteiger partial charge < -0.3 is 14.8 Å². The van der Waals surface area contributed by atoms with Gasteiger partial charge in [-0.3, -0.25) is 14.9 Å². The molecule has 0 saturated carbocycles. The van der Waals surface area contributed by atoms with Gasteiger partial charge in [-0.1, -0.05) is 58.9 Å². The summed E-state index contributed by atoms with van der Waals surface area (Å²) in [5.74, 6) is -1.98. The highest BCUT2D eigenvalue weighted by Crippen LogP contribution is 2.22. The maximum Gasteiger partial charge on any atom is 0.321 e. The van der Waals surface area contributed by atoms with E-state index in [1.807, 2.05) is 18.4 Å². The number of aromatic nitrogens is 2. The molecule has 1 aromatic carbocycles. The predicted molar refractivity (Wildman–Crippen MR) is 116 cm³/mol. The Morgan fingerprint density at radius 3 is 2.17 bits per heavy atom. The largest absolute Gasteiger partial charge is 0.480 e. The minimum absolute atomic E-state index is 0.0791. The van der Waals surface area contributed by atoms with Gasteiger partial charge in [0, 0.05) is 24.9 Å². The van der Waals surface area contributed by atoms with Crippen molar-refractivity contribution in [3.63, 3.8) is 0 Å². The molecule has 7 nitrogen and oxygen atoms in total. The topological polar surface area (TPSA) is 104 Å². The quantitative estimate of drug-likeness (QED) is 0.550. The third-order valence-corrected chi connectivity index (χ3v) is 5.09. The smallest absolute Gasteiger partial charge is 0.321 e. The Bertz CT molecular complexity index is 850. The number of imidazole rings is 1. The third kappa shape index (κ3) is 6.69. The van der Waals surface area contributed by atoms with E-state index in [9.17, 15) is 19.8 Å². The average molecular weight is 416 g/mol. The lowest BCUT2D eigenvalue weighted by Crippen LogP contribution is -2.49. The molecule has 0 aliphatic heterocycles. The van der Waals surface area contributed by atoms with Crippen molar-refractivity contribution in [2.24, 2.45) is 5.92 Å². The lowest BCUT2D eigenvalue weighted by Gasteiger charge is -2.22. The average Bonchev–Trinajstić information content (AvgIpc) is 3.06. The summed E-state index contributed by atoms with van der Waals surface area (Å²) >= 11 is 0. The van der Waals surface area contributed by atoms with Gasteiger partial charge in [0.2, 0.25) is 0 Å². The Kier molecular flexibility index (Phi) is 7.78. The van der Waals surface area contributed by atoms with Crippen molar-refractivity contribution in [1.82, 2.24) is 14.9 Å². The molecule has 0 saturated heterocycles. The van der Waals surface area contributed by atoms with Crippen LogP contribution >= 0.6 is 0 Å². The summed E-state index contributed by atoms with van der Waals surface area (Å²) in [6.07, 6.45) is 3.82. The molecular weight excluding hydrogens is 382 g/mol. The van der Waals surface area contributed by atoms with Crippen LogP contribution in [0.3, 0.4) is 0 Å². The van der Waals surface area contributed by atoms with Crippen LogP contribution in [0.15, 0.2) is 36.8 Å². The van der Waals surface area contributed by atoms with Crippen molar-refractivity contribution in [2.75, 3.05) is 0 Å². The van der Waals surface area contributed by atoms with Crippen molar-refractivity contribution in [1.29, 1.82) is 0 Å². The Balaban J connectivity index is 2.14. The number of carbonyl (C=O) groups is 2. The number of nitrogens with zero attached hydrogens (tertiary/aromatic N) is 2. The Labute approximate surface area is 178 Å². The highest BCUT2D eigenvalue weighted by atomic mass is 16.4. The van der Waals surface area contributed by atoms with E-state index in [4.69, 9.17) is 0 Å². The fourth-order valence-electron chi connectivity index (χ4n) is 3.35. The van der Waals surface area contributed by atoms with Gasteiger partial charge in [-0.05, 0) is 28.9 Å². The van der Waals surface area contributed by atoms with Gasteiger partial charge in [-0.2, -0.15) is 0 Å². The summed E-state index contributed by atoms with van der Waals surface area (Å²) in [7, 11) is 0. The molecule has 2 unspecified atom stereocenters. The van der Waals surface area contributed by atoms with Gasteiger partial charge >= 0.3 is 11.9 Å². The monoisotopic (exact) mass is 415 g/mol. The molecule has 164 valence electrons. The number of aliphatic carboxylic acids is 2. The van der Waals surface area contributed by atoms with E-state index in [1.165, 1.54) is 5.56 Å². The van der Waals surface area contributed by atoms with Crippen molar-refractivity contribution in [2.45, 2.75) is 71.5 Å². The first-order valence-electron chi connectivity index (χ1n) is 10.3. The molecule has 0 aliphatic carbocycles. The standard InChI is InChI=1S/C23H33N3O4/c1-15(2)10-19(21(27)28)25-20(22(29)30)11-18-12-24-14-26(18)13-16-6-8-17(9-7-16)23(3,4)5/h6-9,12,14-15,19-20,25H,10-11,13H2,1-5H3,(H,27,28)(H,29,30). The van der Waals surface area contributed by atoms with Crippen LogP contribution in [-0.4, -0.2) is 43.8 Å². The van der Waals surface area contributed by atoms with Gasteiger partial charge in [0.15, 0.2) is 0 Å². The van der Waals surface area contributed by atoms with Crippen LogP contribution in [-0.2, 0) is 28.0 Å². The van der Waals surface area contributed by atoms with Crippen molar-refractivity contribution >= 4 is 11.9 Å². The normalized spacial score (nSPS) is 13.9. The highest BCUT2D eigenvalue weighted by Gasteiger charge is 2.27. The maximum atomic E-state index is 11.8. The predicted octanol–water partition coefficient (Wildman–Crippen LogP) is 3.31. The van der Waals surface area contributed by atoms with Gasteiger partial charge in [0.05, 0.1) is 6.33 Å². The van der Waals surface area contributed by atoms with E-state index in [-0.39, 0.29) is 17.8 Å². The van der Waals surface area contributed by atoms with Gasteiger partial charge in [-0.15, -0.1) is 0 Å². The molecule has 0 bridgehead atoms.